The Morgan fingerprint density at radius 3 is 2.79 bits per heavy atom. The second kappa shape index (κ2) is 11.1. The van der Waals surface area contributed by atoms with E-state index in [9.17, 15) is 9.18 Å². The van der Waals surface area contributed by atoms with Gasteiger partial charge in [0.2, 0.25) is 0 Å². The van der Waals surface area contributed by atoms with Crippen LogP contribution in [-0.4, -0.2) is 35.7 Å². The molecule has 28 heavy (non-hydrogen) atoms. The maximum atomic E-state index is 12.8. The molecule has 1 amide bonds. The van der Waals surface area contributed by atoms with Crippen molar-refractivity contribution in [3.63, 3.8) is 0 Å². The first-order chi connectivity index (χ1) is 13.7. The predicted molar refractivity (Wildman–Crippen MR) is 116 cm³/mol. The number of halogens is 1. The smallest absolute Gasteiger partial charge is 0.251 e. The molecule has 1 heterocycles. The lowest BCUT2D eigenvalue weighted by Gasteiger charge is -2.10. The minimum Gasteiger partial charge on any atom is -0.494 e. The molecule has 7 heteroatoms. The van der Waals surface area contributed by atoms with Crippen LogP contribution in [0.5, 0.6) is 5.75 Å². The predicted octanol–water partition coefficient (Wildman–Crippen LogP) is 4.75. The molecule has 1 aliphatic rings. The quantitative estimate of drug-likeness (QED) is 0.597. The molecule has 4 nitrogen and oxygen atoms in total. The number of carbonyl (C=O) groups excluding carboxylic acids is 1. The van der Waals surface area contributed by atoms with Crippen LogP contribution in [0.1, 0.15) is 28.8 Å². The zero-order chi connectivity index (χ0) is 19.6. The van der Waals surface area contributed by atoms with E-state index in [1.165, 1.54) is 12.1 Å². The van der Waals surface area contributed by atoms with Gasteiger partial charge in [0, 0.05) is 23.6 Å². The molecule has 1 aliphatic heterocycles. The molecular weight excluding hydrogens is 395 g/mol. The minimum atomic E-state index is -0.274. The lowest BCUT2D eigenvalue weighted by atomic mass is 10.1. The second-order valence-corrected chi connectivity index (χ2v) is 8.51. The van der Waals surface area contributed by atoms with Crippen molar-refractivity contribution in [3.8, 4) is 5.75 Å². The highest BCUT2D eigenvalue weighted by Crippen LogP contribution is 2.26. The van der Waals surface area contributed by atoms with Gasteiger partial charge in [-0.3, -0.25) is 9.79 Å². The third-order valence-corrected chi connectivity index (χ3v) is 6.41. The fourth-order valence-electron chi connectivity index (χ4n) is 2.66. The van der Waals surface area contributed by atoms with E-state index in [2.05, 4.69) is 10.3 Å². The zero-order valence-corrected chi connectivity index (χ0v) is 17.2. The van der Waals surface area contributed by atoms with Crippen molar-refractivity contribution in [2.24, 2.45) is 4.99 Å². The molecule has 0 saturated carbocycles. The van der Waals surface area contributed by atoms with Crippen LogP contribution in [-0.2, 0) is 5.75 Å². The van der Waals surface area contributed by atoms with Crippen LogP contribution in [0.25, 0.3) is 0 Å². The molecule has 148 valence electrons. The number of rotatable bonds is 9. The summed E-state index contributed by atoms with van der Waals surface area (Å²) >= 11 is 3.47. The van der Waals surface area contributed by atoms with Gasteiger partial charge in [-0.05, 0) is 48.7 Å². The van der Waals surface area contributed by atoms with Gasteiger partial charge in [0.15, 0.2) is 0 Å². The van der Waals surface area contributed by atoms with Gasteiger partial charge >= 0.3 is 0 Å². The number of amides is 1. The maximum Gasteiger partial charge on any atom is 0.251 e. The van der Waals surface area contributed by atoms with Gasteiger partial charge in [-0.15, -0.1) is 0 Å². The van der Waals surface area contributed by atoms with Crippen LogP contribution in [0.15, 0.2) is 53.5 Å². The van der Waals surface area contributed by atoms with Crippen LogP contribution < -0.4 is 10.1 Å². The van der Waals surface area contributed by atoms with Gasteiger partial charge in [-0.25, -0.2) is 4.39 Å². The topological polar surface area (TPSA) is 50.7 Å². The van der Waals surface area contributed by atoms with Crippen molar-refractivity contribution in [1.82, 2.24) is 5.32 Å². The van der Waals surface area contributed by atoms with Gasteiger partial charge in [-0.1, -0.05) is 41.7 Å². The summed E-state index contributed by atoms with van der Waals surface area (Å²) in [6.07, 6.45) is 1.63. The maximum absolute atomic E-state index is 12.8. The summed E-state index contributed by atoms with van der Waals surface area (Å²) in [5.74, 6) is 2.14. The summed E-state index contributed by atoms with van der Waals surface area (Å²) in [6.45, 7) is 2.02. The molecule has 0 fully saturated rings. The highest BCUT2D eigenvalue weighted by atomic mass is 32.2. The van der Waals surface area contributed by atoms with Crippen molar-refractivity contribution in [2.45, 2.75) is 18.6 Å². The lowest BCUT2D eigenvalue weighted by Crippen LogP contribution is -2.25. The summed E-state index contributed by atoms with van der Waals surface area (Å²) in [5, 5.41) is 2.98. The normalized spacial score (nSPS) is 13.2. The Morgan fingerprint density at radius 2 is 2.00 bits per heavy atom. The zero-order valence-electron chi connectivity index (χ0n) is 15.5. The van der Waals surface area contributed by atoms with Gasteiger partial charge in [0.05, 0.1) is 13.2 Å². The number of carbonyl (C=O) groups is 1. The molecule has 0 bridgehead atoms. The molecule has 0 unspecified atom stereocenters. The summed E-state index contributed by atoms with van der Waals surface area (Å²) in [7, 11) is 0. The van der Waals surface area contributed by atoms with Crippen LogP contribution in [0.3, 0.4) is 0 Å². The van der Waals surface area contributed by atoms with Crippen molar-refractivity contribution >= 4 is 33.8 Å². The Labute approximate surface area is 173 Å². The molecule has 0 saturated heterocycles. The standard InChI is InChI=1S/C21H23FN2O2S2/c22-17-7-9-18(10-8-17)26-13-4-3-11-23-20(25)19-6-2-1-5-16(19)15-28-21-24-12-14-27-21/h1-2,5-10H,3-4,11-15H2,(H,23,25). The highest BCUT2D eigenvalue weighted by molar-refractivity contribution is 8.38. The van der Waals surface area contributed by atoms with E-state index in [-0.39, 0.29) is 11.7 Å². The van der Waals surface area contributed by atoms with E-state index < -0.39 is 0 Å². The van der Waals surface area contributed by atoms with Crippen molar-refractivity contribution in [1.29, 1.82) is 0 Å². The number of nitrogens with zero attached hydrogens (tertiary/aromatic N) is 1. The first kappa shape index (κ1) is 20.7. The van der Waals surface area contributed by atoms with E-state index in [0.29, 0.717) is 18.9 Å². The number of benzene rings is 2. The number of nitrogens with one attached hydrogen (secondary N) is 1. The first-order valence-electron chi connectivity index (χ1n) is 9.27. The van der Waals surface area contributed by atoms with E-state index in [4.69, 9.17) is 4.74 Å². The van der Waals surface area contributed by atoms with Crippen molar-refractivity contribution in [2.75, 3.05) is 25.4 Å². The SMILES string of the molecule is O=C(NCCCCOc1ccc(F)cc1)c1ccccc1CSC1=NCCS1. The highest BCUT2D eigenvalue weighted by Gasteiger charge is 2.13. The van der Waals surface area contributed by atoms with E-state index in [1.54, 1.807) is 35.7 Å². The van der Waals surface area contributed by atoms with Gasteiger partial charge < -0.3 is 10.1 Å². The Kier molecular flexibility index (Phi) is 8.23. The molecule has 0 aromatic heterocycles. The first-order valence-corrected chi connectivity index (χ1v) is 11.2. The Bertz CT molecular complexity index is 812. The van der Waals surface area contributed by atoms with Gasteiger partial charge in [0.1, 0.15) is 15.9 Å². The summed E-state index contributed by atoms with van der Waals surface area (Å²) in [6, 6.07) is 13.7. The van der Waals surface area contributed by atoms with E-state index in [1.807, 2.05) is 24.3 Å². The number of hydrogen-bond donors (Lipinski definition) is 1. The fourth-order valence-corrected chi connectivity index (χ4v) is 4.67. The third-order valence-electron chi connectivity index (χ3n) is 4.11. The minimum absolute atomic E-state index is 0.0448. The van der Waals surface area contributed by atoms with Crippen LogP contribution in [0.2, 0.25) is 0 Å². The number of aliphatic imine (C=N–C) groups is 1. The molecule has 0 atom stereocenters. The number of ether oxygens (including phenoxy) is 1. The number of thioether (sulfide) groups is 2. The summed E-state index contributed by atoms with van der Waals surface area (Å²) < 4.78 is 19.5. The van der Waals surface area contributed by atoms with Crippen LogP contribution in [0.4, 0.5) is 4.39 Å². The number of unbranched alkanes of at least 4 members (excludes halogenated alkanes) is 1. The Morgan fingerprint density at radius 1 is 1.18 bits per heavy atom. The van der Waals surface area contributed by atoms with Crippen LogP contribution >= 0.6 is 23.5 Å². The summed E-state index contributed by atoms with van der Waals surface area (Å²) in [5.41, 5.74) is 1.75. The average molecular weight is 419 g/mol. The van der Waals surface area contributed by atoms with Gasteiger partial charge in [-0.2, -0.15) is 0 Å². The molecule has 2 aromatic carbocycles. The second-order valence-electron chi connectivity index (χ2n) is 6.21. The molecule has 3 rings (SSSR count). The van der Waals surface area contributed by atoms with E-state index in [0.717, 1.165) is 46.4 Å². The van der Waals surface area contributed by atoms with Gasteiger partial charge in [0.25, 0.3) is 5.91 Å². The lowest BCUT2D eigenvalue weighted by molar-refractivity contribution is 0.0951. The molecular formula is C21H23FN2O2S2. The summed E-state index contributed by atoms with van der Waals surface area (Å²) in [4.78, 5) is 17.0. The molecule has 0 radical (unpaired) electrons. The Balaban J connectivity index is 1.38. The number of hydrogen-bond acceptors (Lipinski definition) is 5. The monoisotopic (exact) mass is 418 g/mol. The Hall–Kier alpha value is -1.99. The molecule has 2 aromatic rings. The average Bonchev–Trinajstić information content (AvgIpc) is 3.24. The molecule has 1 N–H and O–H groups in total. The van der Waals surface area contributed by atoms with E-state index >= 15 is 0 Å². The van der Waals surface area contributed by atoms with Crippen LogP contribution in [0, 0.1) is 5.82 Å². The third kappa shape index (κ3) is 6.56. The molecule has 0 spiro atoms. The van der Waals surface area contributed by atoms with Crippen molar-refractivity contribution in [3.05, 3.63) is 65.5 Å². The fraction of sp³-hybridized carbons (Fsp3) is 0.333. The molecule has 0 aliphatic carbocycles. The largest absolute Gasteiger partial charge is 0.494 e. The van der Waals surface area contributed by atoms with Crippen molar-refractivity contribution < 1.29 is 13.9 Å².